The maximum Gasteiger partial charge on any atom is 0.501 e. The van der Waals surface area contributed by atoms with Crippen LogP contribution in [0.3, 0.4) is 0 Å². The van der Waals surface area contributed by atoms with Crippen LogP contribution in [0.1, 0.15) is 85.5 Å². The van der Waals surface area contributed by atoms with Gasteiger partial charge >= 0.3 is 8.80 Å². The van der Waals surface area contributed by atoms with Crippen molar-refractivity contribution in [3.8, 4) is 0 Å². The third-order valence-electron chi connectivity index (χ3n) is 3.83. The van der Waals surface area contributed by atoms with Crippen LogP contribution in [0.15, 0.2) is 0 Å². The van der Waals surface area contributed by atoms with Crippen LogP contribution in [0, 0.1) is 0 Å². The van der Waals surface area contributed by atoms with Gasteiger partial charge in [-0.1, -0.05) is 53.4 Å². The molecule has 0 spiro atoms. The molecule has 0 bridgehead atoms. The molecule has 0 rings (SSSR count). The van der Waals surface area contributed by atoms with E-state index in [2.05, 4.69) is 27.7 Å². The summed E-state index contributed by atoms with van der Waals surface area (Å²) < 4.78 is 18.7. The summed E-state index contributed by atoms with van der Waals surface area (Å²) in [6, 6.07) is 0.846. The number of hydrogen-bond donors (Lipinski definition) is 0. The van der Waals surface area contributed by atoms with Gasteiger partial charge in [0.1, 0.15) is 0 Å². The van der Waals surface area contributed by atoms with Gasteiger partial charge in [-0.15, -0.1) is 11.6 Å². The first-order chi connectivity index (χ1) is 11.1. The quantitative estimate of drug-likeness (QED) is 0.175. The molecular formula is C18H39ClO3Si. The Morgan fingerprint density at radius 1 is 0.696 bits per heavy atom. The SMILES string of the molecule is CCCCO[Si](CCC(Cl)CCC)(OCCCC)OCCCC. The van der Waals surface area contributed by atoms with Crippen molar-refractivity contribution in [3.05, 3.63) is 0 Å². The van der Waals surface area contributed by atoms with Crippen molar-refractivity contribution in [2.45, 2.75) is 96.9 Å². The first-order valence-electron chi connectivity index (χ1n) is 9.70. The lowest BCUT2D eigenvalue weighted by molar-refractivity contribution is 0.0557. The van der Waals surface area contributed by atoms with Crippen molar-refractivity contribution < 1.29 is 13.3 Å². The van der Waals surface area contributed by atoms with Crippen molar-refractivity contribution in [1.82, 2.24) is 0 Å². The minimum atomic E-state index is -2.58. The van der Waals surface area contributed by atoms with Gasteiger partial charge in [0.25, 0.3) is 0 Å². The lowest BCUT2D eigenvalue weighted by atomic mass is 10.2. The van der Waals surface area contributed by atoms with Crippen molar-refractivity contribution in [2.75, 3.05) is 19.8 Å². The summed E-state index contributed by atoms with van der Waals surface area (Å²) in [5, 5.41) is 0.200. The van der Waals surface area contributed by atoms with E-state index in [1.54, 1.807) is 0 Å². The molecule has 0 saturated heterocycles. The maximum atomic E-state index is 6.43. The highest BCUT2D eigenvalue weighted by molar-refractivity contribution is 6.60. The van der Waals surface area contributed by atoms with Gasteiger partial charge in [0.05, 0.1) is 0 Å². The van der Waals surface area contributed by atoms with Crippen molar-refractivity contribution >= 4 is 20.4 Å². The molecule has 0 fully saturated rings. The molecule has 3 nitrogen and oxygen atoms in total. The van der Waals surface area contributed by atoms with E-state index in [4.69, 9.17) is 24.9 Å². The van der Waals surface area contributed by atoms with Gasteiger partial charge in [-0.25, -0.2) is 0 Å². The molecule has 0 aliphatic carbocycles. The largest absolute Gasteiger partial charge is 0.501 e. The van der Waals surface area contributed by atoms with Crippen LogP contribution in [0.25, 0.3) is 0 Å². The molecule has 0 aromatic heterocycles. The van der Waals surface area contributed by atoms with Gasteiger partial charge in [0.15, 0.2) is 0 Å². The fourth-order valence-electron chi connectivity index (χ4n) is 2.25. The standard InChI is InChI=1S/C18H39ClO3Si/c1-5-9-14-20-23(21-15-10-6-2,22-16-11-7-3)17-13-18(19)12-8-4/h18H,5-17H2,1-4H3. The van der Waals surface area contributed by atoms with Crippen LogP contribution >= 0.6 is 11.6 Å². The molecule has 0 aliphatic rings. The molecule has 0 saturated carbocycles. The summed E-state index contributed by atoms with van der Waals surface area (Å²) in [7, 11) is -2.58. The lowest BCUT2D eigenvalue weighted by Crippen LogP contribution is -2.47. The molecule has 0 aromatic rings. The van der Waals surface area contributed by atoms with Gasteiger partial charge in [-0.05, 0) is 32.1 Å². The number of alkyl halides is 1. The summed E-state index contributed by atoms with van der Waals surface area (Å²) in [6.45, 7) is 10.9. The Bertz CT molecular complexity index is 228. The highest BCUT2D eigenvalue weighted by atomic mass is 35.5. The normalized spacial score (nSPS) is 13.4. The van der Waals surface area contributed by atoms with Gasteiger partial charge in [-0.3, -0.25) is 0 Å². The van der Waals surface area contributed by atoms with Crippen molar-refractivity contribution in [1.29, 1.82) is 0 Å². The van der Waals surface area contributed by atoms with Crippen LogP contribution < -0.4 is 0 Å². The topological polar surface area (TPSA) is 27.7 Å². The molecule has 1 atom stereocenters. The number of halogens is 1. The molecule has 23 heavy (non-hydrogen) atoms. The van der Waals surface area contributed by atoms with E-state index in [0.29, 0.717) is 0 Å². The van der Waals surface area contributed by atoms with Crippen LogP contribution in [-0.4, -0.2) is 34.0 Å². The maximum absolute atomic E-state index is 6.43. The molecule has 140 valence electrons. The summed E-state index contributed by atoms with van der Waals surface area (Å²) >= 11 is 6.43. The van der Waals surface area contributed by atoms with E-state index in [1.807, 2.05) is 0 Å². The second kappa shape index (κ2) is 15.9. The molecule has 0 N–H and O–H groups in total. The van der Waals surface area contributed by atoms with E-state index in [1.165, 1.54) is 0 Å². The molecule has 1 unspecified atom stereocenters. The second-order valence-electron chi connectivity index (χ2n) is 6.21. The number of hydrogen-bond acceptors (Lipinski definition) is 3. The molecule has 0 amide bonds. The fourth-order valence-corrected chi connectivity index (χ4v) is 5.51. The van der Waals surface area contributed by atoms with Crippen LogP contribution in [-0.2, 0) is 13.3 Å². The van der Waals surface area contributed by atoms with Crippen molar-refractivity contribution in [2.24, 2.45) is 0 Å². The predicted molar refractivity (Wildman–Crippen MR) is 102 cm³/mol. The third kappa shape index (κ3) is 12.4. The molecular weight excluding hydrogens is 328 g/mol. The van der Waals surface area contributed by atoms with Gasteiger partial charge in [-0.2, -0.15) is 0 Å². The predicted octanol–water partition coefficient (Wildman–Crippen LogP) is 6.17. The average Bonchev–Trinajstić information content (AvgIpc) is 2.54. The molecule has 0 aliphatic heterocycles. The smallest absolute Gasteiger partial charge is 0.373 e. The lowest BCUT2D eigenvalue weighted by Gasteiger charge is -2.30. The zero-order valence-corrected chi connectivity index (χ0v) is 17.6. The van der Waals surface area contributed by atoms with Gasteiger partial charge in [0.2, 0.25) is 0 Å². The Labute approximate surface area is 150 Å². The Hall–Kier alpha value is 0.387. The van der Waals surface area contributed by atoms with E-state index in [0.717, 1.165) is 83.7 Å². The Morgan fingerprint density at radius 3 is 1.48 bits per heavy atom. The summed E-state index contributed by atoms with van der Waals surface area (Å²) in [5.74, 6) is 0. The van der Waals surface area contributed by atoms with Crippen LogP contribution in [0.2, 0.25) is 6.04 Å². The van der Waals surface area contributed by atoms with E-state index >= 15 is 0 Å². The summed E-state index contributed by atoms with van der Waals surface area (Å²) in [5.41, 5.74) is 0. The average molecular weight is 367 g/mol. The molecule has 0 heterocycles. The van der Waals surface area contributed by atoms with Gasteiger partial charge in [0, 0.05) is 31.2 Å². The Morgan fingerprint density at radius 2 is 1.13 bits per heavy atom. The monoisotopic (exact) mass is 366 g/mol. The fraction of sp³-hybridized carbons (Fsp3) is 1.00. The van der Waals surface area contributed by atoms with Gasteiger partial charge < -0.3 is 13.3 Å². The zero-order valence-electron chi connectivity index (χ0n) is 15.9. The number of rotatable bonds is 17. The first kappa shape index (κ1) is 23.4. The highest BCUT2D eigenvalue weighted by Crippen LogP contribution is 2.24. The van der Waals surface area contributed by atoms with E-state index in [-0.39, 0.29) is 5.38 Å². The number of unbranched alkanes of at least 4 members (excludes halogenated alkanes) is 3. The molecule has 5 heteroatoms. The van der Waals surface area contributed by atoms with E-state index in [9.17, 15) is 0 Å². The summed E-state index contributed by atoms with van der Waals surface area (Å²) in [6.07, 6.45) is 9.64. The minimum absolute atomic E-state index is 0.200. The van der Waals surface area contributed by atoms with E-state index < -0.39 is 8.80 Å². The zero-order chi connectivity index (χ0) is 17.4. The summed E-state index contributed by atoms with van der Waals surface area (Å²) in [4.78, 5) is 0. The third-order valence-corrected chi connectivity index (χ3v) is 7.09. The second-order valence-corrected chi connectivity index (χ2v) is 9.56. The van der Waals surface area contributed by atoms with Crippen molar-refractivity contribution in [3.63, 3.8) is 0 Å². The Kier molecular flexibility index (Phi) is 16.2. The first-order valence-corrected chi connectivity index (χ1v) is 12.1. The van der Waals surface area contributed by atoms with Crippen LogP contribution in [0.5, 0.6) is 0 Å². The molecule has 0 aromatic carbocycles. The Balaban J connectivity index is 4.70. The minimum Gasteiger partial charge on any atom is -0.373 e. The molecule has 0 radical (unpaired) electrons. The van der Waals surface area contributed by atoms with Crippen LogP contribution in [0.4, 0.5) is 0 Å². The highest BCUT2D eigenvalue weighted by Gasteiger charge is 2.41.